The Labute approximate surface area is 129 Å². The van der Waals surface area contributed by atoms with E-state index in [1.165, 1.54) is 6.08 Å². The number of aldehydes is 1. The Morgan fingerprint density at radius 2 is 2.00 bits per heavy atom. The van der Waals surface area contributed by atoms with Crippen LogP contribution in [-0.2, 0) is 30.3 Å². The van der Waals surface area contributed by atoms with Gasteiger partial charge in [0.2, 0.25) is 0 Å². The largest absolute Gasteiger partial charge is 0.368 e. The SMILES string of the molecule is CC1(C)O[C@H]2OC(C=CC=O)[C@H](OCc3ccccc3)[C@H]2O1. The van der Waals surface area contributed by atoms with Crippen molar-refractivity contribution < 1.29 is 23.7 Å². The van der Waals surface area contributed by atoms with Gasteiger partial charge in [-0.05, 0) is 31.6 Å². The zero-order chi connectivity index (χ0) is 15.6. The van der Waals surface area contributed by atoms with Gasteiger partial charge in [-0.3, -0.25) is 4.79 Å². The van der Waals surface area contributed by atoms with E-state index in [0.717, 1.165) is 11.8 Å². The number of allylic oxidation sites excluding steroid dienone is 1. The summed E-state index contributed by atoms with van der Waals surface area (Å²) in [6.45, 7) is 4.14. The molecule has 2 aliphatic heterocycles. The highest BCUT2D eigenvalue weighted by atomic mass is 16.8. The number of carbonyl (C=O) groups excluding carboxylic acids is 1. The molecule has 1 aromatic carbocycles. The first kappa shape index (κ1) is 15.4. The van der Waals surface area contributed by atoms with Crippen LogP contribution in [0.25, 0.3) is 0 Å². The highest BCUT2D eigenvalue weighted by Crippen LogP contribution is 2.39. The van der Waals surface area contributed by atoms with Crippen LogP contribution in [0.2, 0.25) is 0 Å². The van der Waals surface area contributed by atoms with E-state index in [0.29, 0.717) is 6.61 Å². The van der Waals surface area contributed by atoms with Gasteiger partial charge in [-0.25, -0.2) is 0 Å². The Balaban J connectivity index is 1.71. The third-order valence-corrected chi connectivity index (χ3v) is 3.69. The molecule has 118 valence electrons. The van der Waals surface area contributed by atoms with Gasteiger partial charge in [-0.15, -0.1) is 0 Å². The first-order chi connectivity index (χ1) is 10.6. The fourth-order valence-electron chi connectivity index (χ4n) is 2.77. The van der Waals surface area contributed by atoms with E-state index in [4.69, 9.17) is 18.9 Å². The standard InChI is InChI=1S/C17H20O5/c1-17(2)21-15-14(19-11-12-7-4-3-5-8-12)13(9-6-10-18)20-16(15)22-17/h3-10,13-16H,11H2,1-2H3/t13?,14-,15+,16+/m0/s1. The van der Waals surface area contributed by atoms with E-state index in [1.54, 1.807) is 6.08 Å². The lowest BCUT2D eigenvalue weighted by molar-refractivity contribution is -0.213. The molecule has 22 heavy (non-hydrogen) atoms. The predicted molar refractivity (Wildman–Crippen MR) is 78.9 cm³/mol. The Bertz CT molecular complexity index is 539. The maximum absolute atomic E-state index is 10.6. The van der Waals surface area contributed by atoms with Gasteiger partial charge in [-0.2, -0.15) is 0 Å². The highest BCUT2D eigenvalue weighted by Gasteiger charge is 2.54. The monoisotopic (exact) mass is 304 g/mol. The molecular weight excluding hydrogens is 284 g/mol. The predicted octanol–water partition coefficient (Wildman–Crippen LogP) is 2.20. The molecule has 2 saturated heterocycles. The van der Waals surface area contributed by atoms with Crippen molar-refractivity contribution in [3.8, 4) is 0 Å². The highest BCUT2D eigenvalue weighted by molar-refractivity contribution is 5.64. The van der Waals surface area contributed by atoms with Gasteiger partial charge in [0.25, 0.3) is 0 Å². The zero-order valence-corrected chi connectivity index (χ0v) is 12.7. The number of ether oxygens (including phenoxy) is 4. The lowest BCUT2D eigenvalue weighted by Crippen LogP contribution is -2.36. The van der Waals surface area contributed by atoms with Gasteiger partial charge in [0.05, 0.1) is 6.61 Å². The molecule has 0 spiro atoms. The summed E-state index contributed by atoms with van der Waals surface area (Å²) in [5.41, 5.74) is 1.07. The van der Waals surface area contributed by atoms with E-state index in [9.17, 15) is 4.79 Å². The lowest BCUT2D eigenvalue weighted by atomic mass is 10.1. The van der Waals surface area contributed by atoms with Gasteiger partial charge < -0.3 is 18.9 Å². The summed E-state index contributed by atoms with van der Waals surface area (Å²) in [5, 5.41) is 0. The van der Waals surface area contributed by atoms with E-state index >= 15 is 0 Å². The Morgan fingerprint density at radius 3 is 2.73 bits per heavy atom. The summed E-state index contributed by atoms with van der Waals surface area (Å²) < 4.78 is 23.4. The van der Waals surface area contributed by atoms with E-state index < -0.39 is 12.1 Å². The summed E-state index contributed by atoms with van der Waals surface area (Å²) in [5.74, 6) is -0.691. The molecule has 4 atom stereocenters. The number of fused-ring (bicyclic) bond motifs is 1. The van der Waals surface area contributed by atoms with Crippen molar-refractivity contribution in [2.45, 2.75) is 50.8 Å². The van der Waals surface area contributed by atoms with Gasteiger partial charge in [-0.1, -0.05) is 30.3 Å². The van der Waals surface area contributed by atoms with Gasteiger partial charge in [0, 0.05) is 0 Å². The van der Waals surface area contributed by atoms with Crippen LogP contribution in [0.15, 0.2) is 42.5 Å². The molecule has 5 heteroatoms. The molecule has 0 radical (unpaired) electrons. The molecule has 0 amide bonds. The molecule has 0 saturated carbocycles. The van der Waals surface area contributed by atoms with Crippen LogP contribution in [0, 0.1) is 0 Å². The van der Waals surface area contributed by atoms with Crippen molar-refractivity contribution in [2.24, 2.45) is 0 Å². The second kappa shape index (κ2) is 6.30. The van der Waals surface area contributed by atoms with Crippen molar-refractivity contribution in [3.63, 3.8) is 0 Å². The van der Waals surface area contributed by atoms with Crippen molar-refractivity contribution in [2.75, 3.05) is 0 Å². The van der Waals surface area contributed by atoms with Gasteiger partial charge >= 0.3 is 0 Å². The molecule has 0 aliphatic carbocycles. The Hall–Kier alpha value is -1.53. The third-order valence-electron chi connectivity index (χ3n) is 3.69. The van der Waals surface area contributed by atoms with Crippen molar-refractivity contribution in [3.05, 3.63) is 48.0 Å². The fraction of sp³-hybridized carbons (Fsp3) is 0.471. The number of benzene rings is 1. The Kier molecular flexibility index (Phi) is 4.40. The second-order valence-electron chi connectivity index (χ2n) is 5.85. The van der Waals surface area contributed by atoms with Crippen molar-refractivity contribution in [1.82, 2.24) is 0 Å². The summed E-state index contributed by atoms with van der Waals surface area (Å²) in [7, 11) is 0. The molecule has 0 N–H and O–H groups in total. The second-order valence-corrected chi connectivity index (χ2v) is 5.85. The van der Waals surface area contributed by atoms with E-state index in [1.807, 2.05) is 44.2 Å². The van der Waals surface area contributed by atoms with Crippen LogP contribution in [0.3, 0.4) is 0 Å². The van der Waals surface area contributed by atoms with Crippen molar-refractivity contribution in [1.29, 1.82) is 0 Å². The van der Waals surface area contributed by atoms with Gasteiger partial charge in [0.15, 0.2) is 12.1 Å². The molecule has 0 bridgehead atoms. The summed E-state index contributed by atoms with van der Waals surface area (Å²) in [4.78, 5) is 10.6. The molecule has 5 nitrogen and oxygen atoms in total. The number of carbonyl (C=O) groups is 1. The minimum absolute atomic E-state index is 0.306. The smallest absolute Gasteiger partial charge is 0.190 e. The first-order valence-electron chi connectivity index (χ1n) is 7.38. The van der Waals surface area contributed by atoms with Crippen LogP contribution in [0.1, 0.15) is 19.4 Å². The number of rotatable bonds is 5. The van der Waals surface area contributed by atoms with Crippen molar-refractivity contribution >= 4 is 6.29 Å². The van der Waals surface area contributed by atoms with Crippen LogP contribution in [0.5, 0.6) is 0 Å². The fourth-order valence-corrected chi connectivity index (χ4v) is 2.77. The van der Waals surface area contributed by atoms with E-state index in [2.05, 4.69) is 0 Å². The number of hydrogen-bond acceptors (Lipinski definition) is 5. The minimum Gasteiger partial charge on any atom is -0.368 e. The quantitative estimate of drug-likeness (QED) is 0.616. The van der Waals surface area contributed by atoms with Crippen LogP contribution < -0.4 is 0 Å². The molecule has 2 fully saturated rings. The maximum Gasteiger partial charge on any atom is 0.190 e. The number of hydrogen-bond donors (Lipinski definition) is 0. The Morgan fingerprint density at radius 1 is 1.23 bits per heavy atom. The molecular formula is C17H20O5. The topological polar surface area (TPSA) is 54.0 Å². The normalized spacial score (nSPS) is 33.2. The summed E-state index contributed by atoms with van der Waals surface area (Å²) in [6.07, 6.45) is 2.36. The molecule has 1 unspecified atom stereocenters. The average Bonchev–Trinajstić information content (AvgIpc) is 2.95. The maximum atomic E-state index is 10.6. The average molecular weight is 304 g/mol. The van der Waals surface area contributed by atoms with Crippen LogP contribution in [-0.4, -0.2) is 36.7 Å². The first-order valence-corrected chi connectivity index (χ1v) is 7.38. The molecule has 2 aliphatic rings. The molecule has 1 aromatic rings. The van der Waals surface area contributed by atoms with Gasteiger partial charge in [0.1, 0.15) is 24.6 Å². The zero-order valence-electron chi connectivity index (χ0n) is 12.7. The van der Waals surface area contributed by atoms with Crippen LogP contribution >= 0.6 is 0 Å². The third kappa shape index (κ3) is 3.28. The lowest BCUT2D eigenvalue weighted by Gasteiger charge is -2.24. The molecule has 0 aromatic heterocycles. The summed E-state index contributed by atoms with van der Waals surface area (Å²) in [6, 6.07) is 9.90. The molecule has 3 rings (SSSR count). The molecule has 2 heterocycles. The minimum atomic E-state index is -0.691. The van der Waals surface area contributed by atoms with E-state index in [-0.39, 0.29) is 18.3 Å². The van der Waals surface area contributed by atoms with Crippen LogP contribution in [0.4, 0.5) is 0 Å². The summed E-state index contributed by atoms with van der Waals surface area (Å²) >= 11 is 0.